The molecule has 1 N–H and O–H groups in total. The van der Waals surface area contributed by atoms with Gasteiger partial charge in [-0.25, -0.2) is 4.79 Å². The summed E-state index contributed by atoms with van der Waals surface area (Å²) in [6.45, 7) is 13.8. The summed E-state index contributed by atoms with van der Waals surface area (Å²) >= 11 is 0. The molecule has 1 atom stereocenters. The van der Waals surface area contributed by atoms with E-state index >= 15 is 0 Å². The Kier molecular flexibility index (Phi) is 6.88. The van der Waals surface area contributed by atoms with Crippen LogP contribution in [0, 0.1) is 5.41 Å². The average Bonchev–Trinajstić information content (AvgIpc) is 2.65. The van der Waals surface area contributed by atoms with Crippen molar-refractivity contribution in [1.82, 2.24) is 0 Å². The molecule has 0 aromatic heterocycles. The molecule has 0 bridgehead atoms. The van der Waals surface area contributed by atoms with Crippen LogP contribution in [0.25, 0.3) is 11.1 Å². The second kappa shape index (κ2) is 8.84. The van der Waals surface area contributed by atoms with Gasteiger partial charge in [0, 0.05) is 5.57 Å². The van der Waals surface area contributed by atoms with Crippen LogP contribution in [0.5, 0.6) is 5.75 Å². The van der Waals surface area contributed by atoms with E-state index in [1.54, 1.807) is 53.7 Å². The molecule has 2 rings (SSSR count). The van der Waals surface area contributed by atoms with Gasteiger partial charge < -0.3 is 14.6 Å². The summed E-state index contributed by atoms with van der Waals surface area (Å²) in [4.78, 5) is 24.0. The number of hydrogen-bond acceptors (Lipinski definition) is 5. The molecule has 2 aromatic carbocycles. The summed E-state index contributed by atoms with van der Waals surface area (Å²) in [7, 11) is 0. The fraction of sp³-hybridized carbons (Fsp3) is 0.360. The van der Waals surface area contributed by atoms with Crippen LogP contribution in [-0.2, 0) is 14.3 Å². The lowest BCUT2D eigenvalue weighted by Gasteiger charge is -2.29. The molecule has 5 heteroatoms. The zero-order valence-corrected chi connectivity index (χ0v) is 18.5. The highest BCUT2D eigenvalue weighted by molar-refractivity contribution is 5.87. The van der Waals surface area contributed by atoms with Gasteiger partial charge in [0.05, 0.1) is 5.41 Å². The van der Waals surface area contributed by atoms with Crippen LogP contribution in [0.2, 0.25) is 0 Å². The molecular weight excluding hydrogens is 380 g/mol. The van der Waals surface area contributed by atoms with Gasteiger partial charge in [-0.2, -0.15) is 0 Å². The van der Waals surface area contributed by atoms with E-state index in [9.17, 15) is 14.7 Å². The topological polar surface area (TPSA) is 72.8 Å². The maximum absolute atomic E-state index is 12.0. The third-order valence-electron chi connectivity index (χ3n) is 4.44. The Labute approximate surface area is 178 Å². The Morgan fingerprint density at radius 1 is 0.900 bits per heavy atom. The number of hydrogen-bond donors (Lipinski definition) is 1. The van der Waals surface area contributed by atoms with Gasteiger partial charge in [0.2, 0.25) is 0 Å². The SMILES string of the molecule is C=C(C)C(=O)OC(c1ccc(-c2ccc(OC(=O)C(C)(C)C)cc2)cc1)C(C)(C)O. The minimum atomic E-state index is -1.26. The van der Waals surface area contributed by atoms with Gasteiger partial charge in [-0.15, -0.1) is 0 Å². The monoisotopic (exact) mass is 410 g/mol. The standard InChI is InChI=1S/C25H30O5/c1-16(2)22(26)30-21(25(6,7)28)19-10-8-17(9-11-19)18-12-14-20(15-13-18)29-23(27)24(3,4)5/h8-15,21,28H,1H2,2-7H3. The first-order valence-electron chi connectivity index (χ1n) is 9.80. The molecule has 2 aromatic rings. The summed E-state index contributed by atoms with van der Waals surface area (Å²) in [5, 5.41) is 10.5. The lowest BCUT2D eigenvalue weighted by atomic mass is 9.93. The van der Waals surface area contributed by atoms with Crippen LogP contribution in [0.1, 0.15) is 53.2 Å². The van der Waals surface area contributed by atoms with Crippen LogP contribution in [0.15, 0.2) is 60.7 Å². The molecule has 0 amide bonds. The molecule has 0 fully saturated rings. The van der Waals surface area contributed by atoms with E-state index in [0.717, 1.165) is 11.1 Å². The number of aliphatic hydroxyl groups is 1. The normalized spacial score (nSPS) is 12.8. The van der Waals surface area contributed by atoms with Crippen LogP contribution in [0.4, 0.5) is 0 Å². The molecule has 30 heavy (non-hydrogen) atoms. The highest BCUT2D eigenvalue weighted by Crippen LogP contribution is 2.32. The number of rotatable bonds is 6. The van der Waals surface area contributed by atoms with Crippen molar-refractivity contribution in [3.8, 4) is 16.9 Å². The maximum Gasteiger partial charge on any atom is 0.333 e. The molecule has 0 saturated carbocycles. The van der Waals surface area contributed by atoms with Crippen LogP contribution in [-0.4, -0.2) is 22.6 Å². The first-order chi connectivity index (χ1) is 13.8. The number of esters is 2. The molecule has 0 aliphatic carbocycles. The van der Waals surface area contributed by atoms with Crippen LogP contribution in [0.3, 0.4) is 0 Å². The fourth-order valence-electron chi connectivity index (χ4n) is 2.65. The molecule has 5 nitrogen and oxygen atoms in total. The zero-order chi connectivity index (χ0) is 22.7. The minimum Gasteiger partial charge on any atom is -0.451 e. The van der Waals surface area contributed by atoms with Gasteiger partial charge in [-0.3, -0.25) is 4.79 Å². The van der Waals surface area contributed by atoms with Gasteiger partial charge in [-0.1, -0.05) is 43.0 Å². The number of ether oxygens (including phenoxy) is 2. The van der Waals surface area contributed by atoms with E-state index in [1.807, 2.05) is 36.4 Å². The molecule has 160 valence electrons. The van der Waals surface area contributed by atoms with Gasteiger partial charge in [-0.05, 0) is 70.4 Å². The molecule has 0 saturated heterocycles. The average molecular weight is 411 g/mol. The molecule has 0 radical (unpaired) electrons. The molecule has 0 heterocycles. The van der Waals surface area contributed by atoms with E-state index in [1.165, 1.54) is 0 Å². The Morgan fingerprint density at radius 2 is 1.37 bits per heavy atom. The number of carbonyl (C=O) groups excluding carboxylic acids is 2. The van der Waals surface area contributed by atoms with Crippen molar-refractivity contribution >= 4 is 11.9 Å². The summed E-state index contributed by atoms with van der Waals surface area (Å²) in [5.74, 6) is -0.350. The molecule has 1 unspecified atom stereocenters. The first-order valence-corrected chi connectivity index (χ1v) is 9.80. The molecule has 0 aliphatic heterocycles. The van der Waals surface area contributed by atoms with Crippen molar-refractivity contribution in [2.45, 2.75) is 53.2 Å². The number of benzene rings is 2. The van der Waals surface area contributed by atoms with E-state index in [4.69, 9.17) is 9.47 Å². The van der Waals surface area contributed by atoms with Crippen molar-refractivity contribution < 1.29 is 24.2 Å². The van der Waals surface area contributed by atoms with Gasteiger partial charge in [0.25, 0.3) is 0 Å². The van der Waals surface area contributed by atoms with Crippen LogP contribution < -0.4 is 4.74 Å². The van der Waals surface area contributed by atoms with Crippen molar-refractivity contribution in [2.24, 2.45) is 5.41 Å². The second-order valence-corrected chi connectivity index (χ2v) is 9.01. The lowest BCUT2D eigenvalue weighted by molar-refractivity contribution is -0.158. The fourth-order valence-corrected chi connectivity index (χ4v) is 2.65. The van der Waals surface area contributed by atoms with E-state index in [-0.39, 0.29) is 11.5 Å². The third-order valence-corrected chi connectivity index (χ3v) is 4.44. The summed E-state index contributed by atoms with van der Waals surface area (Å²) < 4.78 is 10.8. The van der Waals surface area contributed by atoms with Crippen molar-refractivity contribution in [1.29, 1.82) is 0 Å². The van der Waals surface area contributed by atoms with Crippen molar-refractivity contribution in [3.05, 3.63) is 66.2 Å². The summed E-state index contributed by atoms with van der Waals surface area (Å²) in [6.07, 6.45) is -0.824. The predicted octanol–water partition coefficient (Wildman–Crippen LogP) is 5.24. The smallest absolute Gasteiger partial charge is 0.333 e. The highest BCUT2D eigenvalue weighted by Gasteiger charge is 2.32. The quantitative estimate of drug-likeness (QED) is 0.401. The van der Waals surface area contributed by atoms with Gasteiger partial charge in [0.1, 0.15) is 11.4 Å². The zero-order valence-electron chi connectivity index (χ0n) is 18.5. The predicted molar refractivity (Wildman–Crippen MR) is 117 cm³/mol. The molecule has 0 aliphatic rings. The van der Waals surface area contributed by atoms with Gasteiger partial charge in [0.15, 0.2) is 6.10 Å². The minimum absolute atomic E-state index is 0.271. The molecule has 0 spiro atoms. The first kappa shape index (κ1) is 23.4. The van der Waals surface area contributed by atoms with E-state index in [0.29, 0.717) is 11.3 Å². The summed E-state index contributed by atoms with van der Waals surface area (Å²) in [5.41, 5.74) is 0.998. The van der Waals surface area contributed by atoms with E-state index < -0.39 is 23.1 Å². The number of carbonyl (C=O) groups is 2. The van der Waals surface area contributed by atoms with Crippen molar-refractivity contribution in [3.63, 3.8) is 0 Å². The third kappa shape index (κ3) is 6.04. The Bertz CT molecular complexity index is 910. The Hall–Kier alpha value is -2.92. The largest absolute Gasteiger partial charge is 0.451 e. The second-order valence-electron chi connectivity index (χ2n) is 9.01. The Morgan fingerprint density at radius 3 is 1.77 bits per heavy atom. The van der Waals surface area contributed by atoms with E-state index in [2.05, 4.69) is 6.58 Å². The lowest BCUT2D eigenvalue weighted by Crippen LogP contribution is -2.32. The molecular formula is C25H30O5. The van der Waals surface area contributed by atoms with Crippen molar-refractivity contribution in [2.75, 3.05) is 0 Å². The summed E-state index contributed by atoms with van der Waals surface area (Å²) in [6, 6.07) is 14.7. The van der Waals surface area contributed by atoms with Gasteiger partial charge >= 0.3 is 11.9 Å². The highest BCUT2D eigenvalue weighted by atomic mass is 16.6. The van der Waals surface area contributed by atoms with Crippen LogP contribution >= 0.6 is 0 Å². The maximum atomic E-state index is 12.0. The Balaban J connectivity index is 2.20.